The minimum atomic E-state index is -0.535. The fourth-order valence-corrected chi connectivity index (χ4v) is 2.16. The number of methoxy groups -OCH3 is 1. The highest BCUT2D eigenvalue weighted by Crippen LogP contribution is 2.23. The number of Topliss-reactive ketones (excluding diaryl/α,β-unsaturated/α-hetero) is 2. The number of hydrogen-bond donors (Lipinski definition) is 1. The third kappa shape index (κ3) is 3.96. The van der Waals surface area contributed by atoms with E-state index in [0.717, 1.165) is 0 Å². The van der Waals surface area contributed by atoms with Crippen LogP contribution in [0.2, 0.25) is 5.02 Å². The molecule has 0 radical (unpaired) electrons. The summed E-state index contributed by atoms with van der Waals surface area (Å²) in [6.45, 7) is 0. The first kappa shape index (κ1) is 16.7. The van der Waals surface area contributed by atoms with E-state index in [9.17, 15) is 19.5 Å². The predicted octanol–water partition coefficient (Wildman–Crippen LogP) is 3.29. The first-order valence-corrected chi connectivity index (χ1v) is 7.03. The van der Waals surface area contributed by atoms with Gasteiger partial charge in [0.2, 0.25) is 0 Å². The fourth-order valence-electron chi connectivity index (χ4n) is 1.98. The molecule has 0 saturated carbocycles. The molecule has 0 heterocycles. The average molecular weight is 333 g/mol. The van der Waals surface area contributed by atoms with E-state index >= 15 is 0 Å². The summed E-state index contributed by atoms with van der Waals surface area (Å²) in [5.41, 5.74) is 0.590. The van der Waals surface area contributed by atoms with Crippen LogP contribution in [0.15, 0.2) is 42.5 Å². The summed E-state index contributed by atoms with van der Waals surface area (Å²) in [6.07, 6.45) is -0.411. The molecule has 2 aromatic rings. The van der Waals surface area contributed by atoms with Crippen LogP contribution < -0.4 is 0 Å². The van der Waals surface area contributed by atoms with Crippen LogP contribution in [-0.4, -0.2) is 29.8 Å². The minimum Gasteiger partial charge on any atom is -0.507 e. The Morgan fingerprint density at radius 2 is 1.61 bits per heavy atom. The van der Waals surface area contributed by atoms with Crippen molar-refractivity contribution in [3.05, 3.63) is 64.2 Å². The maximum Gasteiger partial charge on any atom is 0.337 e. The number of halogens is 1. The third-order valence-corrected chi connectivity index (χ3v) is 3.44. The normalized spacial score (nSPS) is 10.2. The largest absolute Gasteiger partial charge is 0.507 e. The molecule has 2 aromatic carbocycles. The van der Waals surface area contributed by atoms with Crippen molar-refractivity contribution in [1.82, 2.24) is 0 Å². The van der Waals surface area contributed by atoms with Gasteiger partial charge < -0.3 is 9.84 Å². The molecule has 0 aliphatic heterocycles. The summed E-state index contributed by atoms with van der Waals surface area (Å²) in [4.78, 5) is 35.6. The Kier molecular flexibility index (Phi) is 5.13. The molecule has 0 aliphatic rings. The standard InChI is InChI=1S/C17H13ClO5/c1-23-17(22)11-4-2-10(3-5-11)15(20)9-16(21)13-8-12(18)6-7-14(13)19/h2-8,19H,9H2,1H3. The summed E-state index contributed by atoms with van der Waals surface area (Å²) in [6, 6.07) is 9.83. The lowest BCUT2D eigenvalue weighted by Gasteiger charge is -2.05. The van der Waals surface area contributed by atoms with Crippen molar-refractivity contribution in [2.45, 2.75) is 6.42 Å². The Bertz CT molecular complexity index is 765. The average Bonchev–Trinajstić information content (AvgIpc) is 2.56. The van der Waals surface area contributed by atoms with Crippen LogP contribution in [-0.2, 0) is 4.74 Å². The molecule has 0 aromatic heterocycles. The van der Waals surface area contributed by atoms with Crippen molar-refractivity contribution in [1.29, 1.82) is 0 Å². The van der Waals surface area contributed by atoms with Crippen LogP contribution in [0.25, 0.3) is 0 Å². The second-order valence-electron chi connectivity index (χ2n) is 4.75. The Morgan fingerprint density at radius 3 is 2.22 bits per heavy atom. The van der Waals surface area contributed by atoms with Crippen LogP contribution in [0.5, 0.6) is 5.75 Å². The molecular weight excluding hydrogens is 320 g/mol. The molecule has 0 atom stereocenters. The van der Waals surface area contributed by atoms with E-state index in [2.05, 4.69) is 4.74 Å². The Balaban J connectivity index is 2.14. The molecule has 23 heavy (non-hydrogen) atoms. The number of ether oxygens (including phenoxy) is 1. The van der Waals surface area contributed by atoms with Crippen molar-refractivity contribution in [2.75, 3.05) is 7.11 Å². The lowest BCUT2D eigenvalue weighted by Crippen LogP contribution is -2.09. The van der Waals surface area contributed by atoms with Crippen LogP contribution in [0.4, 0.5) is 0 Å². The zero-order chi connectivity index (χ0) is 17.0. The number of aromatic hydroxyl groups is 1. The molecule has 2 rings (SSSR count). The van der Waals surface area contributed by atoms with Crippen molar-refractivity contribution in [3.63, 3.8) is 0 Å². The SMILES string of the molecule is COC(=O)c1ccc(C(=O)CC(=O)c2cc(Cl)ccc2O)cc1. The molecule has 0 unspecified atom stereocenters. The molecule has 0 bridgehead atoms. The zero-order valence-electron chi connectivity index (χ0n) is 12.2. The molecule has 118 valence electrons. The van der Waals surface area contributed by atoms with Gasteiger partial charge in [0.25, 0.3) is 0 Å². The first-order valence-electron chi connectivity index (χ1n) is 6.65. The molecule has 0 aliphatic carbocycles. The number of ketones is 2. The van der Waals surface area contributed by atoms with Gasteiger partial charge in [0, 0.05) is 10.6 Å². The third-order valence-electron chi connectivity index (χ3n) is 3.21. The molecule has 0 fully saturated rings. The van der Waals surface area contributed by atoms with Gasteiger partial charge in [-0.05, 0) is 30.3 Å². The molecule has 0 spiro atoms. The highest BCUT2D eigenvalue weighted by Gasteiger charge is 2.17. The number of phenolic OH excluding ortho intramolecular Hbond substituents is 1. The molecular formula is C17H13ClO5. The van der Waals surface area contributed by atoms with Gasteiger partial charge in [-0.3, -0.25) is 9.59 Å². The second-order valence-corrected chi connectivity index (χ2v) is 5.19. The van der Waals surface area contributed by atoms with Gasteiger partial charge in [0.1, 0.15) is 5.75 Å². The summed E-state index contributed by atoms with van der Waals surface area (Å²) in [5.74, 6) is -1.70. The van der Waals surface area contributed by atoms with E-state index in [1.807, 2.05) is 0 Å². The maximum atomic E-state index is 12.1. The van der Waals surface area contributed by atoms with Gasteiger partial charge in [-0.15, -0.1) is 0 Å². The quantitative estimate of drug-likeness (QED) is 0.516. The summed E-state index contributed by atoms with van der Waals surface area (Å²) >= 11 is 5.78. The van der Waals surface area contributed by atoms with Crippen molar-refractivity contribution in [3.8, 4) is 5.75 Å². The van der Waals surface area contributed by atoms with E-state index < -0.39 is 24.0 Å². The summed E-state index contributed by atoms with van der Waals surface area (Å²) in [7, 11) is 1.26. The highest BCUT2D eigenvalue weighted by molar-refractivity contribution is 6.31. The lowest BCUT2D eigenvalue weighted by atomic mass is 10.00. The van der Waals surface area contributed by atoms with Crippen LogP contribution in [0, 0.1) is 0 Å². The Morgan fingerprint density at radius 1 is 1.00 bits per heavy atom. The van der Waals surface area contributed by atoms with Gasteiger partial charge in [0.05, 0.1) is 24.7 Å². The molecule has 6 heteroatoms. The van der Waals surface area contributed by atoms with Crippen LogP contribution >= 0.6 is 11.6 Å². The summed E-state index contributed by atoms with van der Waals surface area (Å²) < 4.78 is 4.57. The van der Waals surface area contributed by atoms with Crippen molar-refractivity contribution in [2.24, 2.45) is 0 Å². The minimum absolute atomic E-state index is 0.00275. The van der Waals surface area contributed by atoms with Gasteiger partial charge in [-0.1, -0.05) is 23.7 Å². The number of carbonyl (C=O) groups excluding carboxylic acids is 3. The monoisotopic (exact) mass is 332 g/mol. The number of hydrogen-bond acceptors (Lipinski definition) is 5. The van der Waals surface area contributed by atoms with E-state index in [4.69, 9.17) is 11.6 Å². The number of carbonyl (C=O) groups is 3. The molecule has 0 saturated heterocycles. The maximum absolute atomic E-state index is 12.1. The number of benzene rings is 2. The summed E-state index contributed by atoms with van der Waals surface area (Å²) in [5, 5.41) is 9.96. The van der Waals surface area contributed by atoms with Crippen LogP contribution in [0.1, 0.15) is 37.5 Å². The van der Waals surface area contributed by atoms with Gasteiger partial charge in [-0.25, -0.2) is 4.79 Å². The number of phenols is 1. The Hall–Kier alpha value is -2.66. The second kappa shape index (κ2) is 7.07. The lowest BCUT2D eigenvalue weighted by molar-refractivity contribution is 0.0600. The zero-order valence-corrected chi connectivity index (χ0v) is 13.0. The number of rotatable bonds is 5. The molecule has 5 nitrogen and oxygen atoms in total. The van der Waals surface area contributed by atoms with Crippen LogP contribution in [0.3, 0.4) is 0 Å². The molecule has 0 amide bonds. The van der Waals surface area contributed by atoms with E-state index in [1.54, 1.807) is 0 Å². The predicted molar refractivity (Wildman–Crippen MR) is 84.2 cm³/mol. The first-order chi connectivity index (χ1) is 10.9. The fraction of sp³-hybridized carbons (Fsp3) is 0.118. The number of esters is 1. The van der Waals surface area contributed by atoms with Gasteiger partial charge in [0.15, 0.2) is 11.6 Å². The van der Waals surface area contributed by atoms with Gasteiger partial charge >= 0.3 is 5.97 Å². The van der Waals surface area contributed by atoms with Crippen molar-refractivity contribution < 1.29 is 24.2 Å². The van der Waals surface area contributed by atoms with E-state index in [0.29, 0.717) is 10.6 Å². The molecule has 1 N–H and O–H groups in total. The Labute approximate surface area is 137 Å². The highest BCUT2D eigenvalue weighted by atomic mass is 35.5. The smallest absolute Gasteiger partial charge is 0.337 e. The van der Waals surface area contributed by atoms with Crippen molar-refractivity contribution >= 4 is 29.1 Å². The van der Waals surface area contributed by atoms with Gasteiger partial charge in [-0.2, -0.15) is 0 Å². The van der Waals surface area contributed by atoms with E-state index in [-0.39, 0.29) is 16.9 Å². The van der Waals surface area contributed by atoms with E-state index in [1.165, 1.54) is 49.6 Å². The topological polar surface area (TPSA) is 80.7 Å².